The number of amides is 2. The maximum Gasteiger partial charge on any atom is 0.334 e. The molecule has 0 aromatic rings. The van der Waals surface area contributed by atoms with Gasteiger partial charge in [-0.25, -0.2) is 9.59 Å². The molecule has 0 saturated carbocycles. The third-order valence-corrected chi connectivity index (χ3v) is 2.68. The Balaban J connectivity index is 2.34. The third-order valence-electron chi connectivity index (χ3n) is 2.68. The molecule has 1 aliphatic heterocycles. The standard InChI is InChI=1S/C11H20N2O5/c1-8(7-17-2)5-12-11(16)13-3-4-18-9(6-13)10(14)15/h8-9H,3-7H2,1-2H3,(H,12,16)(H,14,15). The Morgan fingerprint density at radius 3 is 2.94 bits per heavy atom. The van der Waals surface area contributed by atoms with Crippen molar-refractivity contribution in [1.29, 1.82) is 0 Å². The molecular weight excluding hydrogens is 240 g/mol. The number of hydrogen-bond donors (Lipinski definition) is 2. The van der Waals surface area contributed by atoms with Gasteiger partial charge in [0, 0.05) is 20.2 Å². The number of aliphatic carboxylic acids is 1. The molecule has 7 heteroatoms. The molecule has 104 valence electrons. The molecule has 1 saturated heterocycles. The number of morpholine rings is 1. The topological polar surface area (TPSA) is 88.1 Å². The average Bonchev–Trinajstić information content (AvgIpc) is 2.36. The van der Waals surface area contributed by atoms with E-state index in [4.69, 9.17) is 14.6 Å². The number of urea groups is 1. The highest BCUT2D eigenvalue weighted by atomic mass is 16.5. The summed E-state index contributed by atoms with van der Waals surface area (Å²) in [5.74, 6) is -0.824. The lowest BCUT2D eigenvalue weighted by atomic mass is 10.2. The van der Waals surface area contributed by atoms with Crippen LogP contribution in [0.25, 0.3) is 0 Å². The van der Waals surface area contributed by atoms with Crippen molar-refractivity contribution in [3.8, 4) is 0 Å². The van der Waals surface area contributed by atoms with Crippen LogP contribution < -0.4 is 5.32 Å². The Morgan fingerprint density at radius 2 is 2.33 bits per heavy atom. The molecule has 1 rings (SSSR count). The van der Waals surface area contributed by atoms with Gasteiger partial charge < -0.3 is 24.8 Å². The molecule has 0 aromatic carbocycles. The lowest BCUT2D eigenvalue weighted by Gasteiger charge is -2.31. The smallest absolute Gasteiger partial charge is 0.334 e. The van der Waals surface area contributed by atoms with E-state index in [-0.39, 0.29) is 25.1 Å². The zero-order chi connectivity index (χ0) is 13.5. The van der Waals surface area contributed by atoms with Crippen molar-refractivity contribution in [2.45, 2.75) is 13.0 Å². The maximum atomic E-state index is 11.8. The quantitative estimate of drug-likeness (QED) is 0.712. The van der Waals surface area contributed by atoms with E-state index in [9.17, 15) is 9.59 Å². The second kappa shape index (κ2) is 7.17. The lowest BCUT2D eigenvalue weighted by molar-refractivity contribution is -0.154. The van der Waals surface area contributed by atoms with Crippen molar-refractivity contribution in [1.82, 2.24) is 10.2 Å². The Labute approximate surface area is 106 Å². The van der Waals surface area contributed by atoms with Crippen molar-refractivity contribution in [3.63, 3.8) is 0 Å². The first-order valence-corrected chi connectivity index (χ1v) is 5.90. The number of rotatable bonds is 5. The van der Waals surface area contributed by atoms with E-state index in [1.807, 2.05) is 6.92 Å². The van der Waals surface area contributed by atoms with Crippen LogP contribution in [0.1, 0.15) is 6.92 Å². The van der Waals surface area contributed by atoms with Crippen LogP contribution in [0, 0.1) is 5.92 Å². The molecule has 2 unspecified atom stereocenters. The van der Waals surface area contributed by atoms with Crippen LogP contribution in [-0.2, 0) is 14.3 Å². The zero-order valence-electron chi connectivity index (χ0n) is 10.7. The van der Waals surface area contributed by atoms with Gasteiger partial charge in [-0.15, -0.1) is 0 Å². The minimum absolute atomic E-state index is 0.0832. The number of nitrogens with one attached hydrogen (secondary N) is 1. The normalized spacial score (nSPS) is 21.4. The summed E-state index contributed by atoms with van der Waals surface area (Å²) in [7, 11) is 1.61. The van der Waals surface area contributed by atoms with Gasteiger partial charge in [-0.05, 0) is 5.92 Å². The highest BCUT2D eigenvalue weighted by Crippen LogP contribution is 2.05. The monoisotopic (exact) mass is 260 g/mol. The summed E-state index contributed by atoms with van der Waals surface area (Å²) in [6.07, 6.45) is -0.930. The number of ether oxygens (including phenoxy) is 2. The van der Waals surface area contributed by atoms with Crippen molar-refractivity contribution in [3.05, 3.63) is 0 Å². The van der Waals surface area contributed by atoms with Crippen LogP contribution in [0.3, 0.4) is 0 Å². The van der Waals surface area contributed by atoms with Gasteiger partial charge in [0.2, 0.25) is 0 Å². The van der Waals surface area contributed by atoms with Crippen LogP contribution in [0.5, 0.6) is 0 Å². The average molecular weight is 260 g/mol. The van der Waals surface area contributed by atoms with Crippen molar-refractivity contribution in [2.24, 2.45) is 5.92 Å². The molecule has 1 aliphatic rings. The molecule has 2 N–H and O–H groups in total. The second-order valence-electron chi connectivity index (χ2n) is 4.39. The van der Waals surface area contributed by atoms with E-state index in [1.165, 1.54) is 4.90 Å². The minimum atomic E-state index is -1.04. The van der Waals surface area contributed by atoms with Crippen molar-refractivity contribution >= 4 is 12.0 Å². The van der Waals surface area contributed by atoms with E-state index < -0.39 is 12.1 Å². The molecule has 0 bridgehead atoms. The highest BCUT2D eigenvalue weighted by Gasteiger charge is 2.28. The number of methoxy groups -OCH3 is 1. The Hall–Kier alpha value is -1.34. The first kappa shape index (κ1) is 14.7. The van der Waals surface area contributed by atoms with Crippen LogP contribution >= 0.6 is 0 Å². The molecule has 2 amide bonds. The zero-order valence-corrected chi connectivity index (χ0v) is 10.7. The van der Waals surface area contributed by atoms with Gasteiger partial charge >= 0.3 is 12.0 Å². The molecule has 1 heterocycles. The van der Waals surface area contributed by atoms with Gasteiger partial charge in [-0.3, -0.25) is 0 Å². The number of carboxylic acid groups (broad SMARTS) is 1. The van der Waals surface area contributed by atoms with E-state index in [1.54, 1.807) is 7.11 Å². The summed E-state index contributed by atoms with van der Waals surface area (Å²) >= 11 is 0. The molecule has 0 radical (unpaired) electrons. The fraction of sp³-hybridized carbons (Fsp3) is 0.818. The Morgan fingerprint density at radius 1 is 1.61 bits per heavy atom. The van der Waals surface area contributed by atoms with E-state index in [0.717, 1.165) is 0 Å². The van der Waals surface area contributed by atoms with Gasteiger partial charge in [0.1, 0.15) is 0 Å². The predicted octanol–water partition coefficient (Wildman–Crippen LogP) is -0.236. The molecule has 7 nitrogen and oxygen atoms in total. The van der Waals surface area contributed by atoms with Gasteiger partial charge in [0.25, 0.3) is 0 Å². The van der Waals surface area contributed by atoms with Crippen molar-refractivity contribution in [2.75, 3.05) is 40.0 Å². The second-order valence-corrected chi connectivity index (χ2v) is 4.39. The number of carbonyl (C=O) groups excluding carboxylic acids is 1. The van der Waals surface area contributed by atoms with Gasteiger partial charge in [-0.2, -0.15) is 0 Å². The van der Waals surface area contributed by atoms with Gasteiger partial charge in [-0.1, -0.05) is 6.92 Å². The Bertz CT molecular complexity index is 297. The Kier molecular flexibility index (Phi) is 5.87. The van der Waals surface area contributed by atoms with E-state index >= 15 is 0 Å². The summed E-state index contributed by atoms with van der Waals surface area (Å²) in [4.78, 5) is 24.0. The van der Waals surface area contributed by atoms with Crippen LogP contribution in [0.4, 0.5) is 4.79 Å². The summed E-state index contributed by atoms with van der Waals surface area (Å²) in [6, 6.07) is -0.257. The first-order chi connectivity index (χ1) is 8.54. The molecule has 0 aliphatic carbocycles. The molecular formula is C11H20N2O5. The maximum absolute atomic E-state index is 11.8. The summed E-state index contributed by atoms with van der Waals surface area (Å²) in [6.45, 7) is 3.78. The summed E-state index contributed by atoms with van der Waals surface area (Å²) in [5, 5.41) is 11.6. The summed E-state index contributed by atoms with van der Waals surface area (Å²) < 4.78 is 10.0. The lowest BCUT2D eigenvalue weighted by Crippen LogP contribution is -2.52. The number of carboxylic acids is 1. The molecule has 18 heavy (non-hydrogen) atoms. The van der Waals surface area contributed by atoms with Gasteiger partial charge in [0.15, 0.2) is 6.10 Å². The van der Waals surface area contributed by atoms with Gasteiger partial charge in [0.05, 0.1) is 19.8 Å². The molecule has 2 atom stereocenters. The summed E-state index contributed by atoms with van der Waals surface area (Å²) in [5.41, 5.74) is 0. The largest absolute Gasteiger partial charge is 0.479 e. The third kappa shape index (κ3) is 4.50. The van der Waals surface area contributed by atoms with E-state index in [0.29, 0.717) is 19.7 Å². The highest BCUT2D eigenvalue weighted by molar-refractivity contribution is 5.77. The fourth-order valence-corrected chi connectivity index (χ4v) is 1.70. The predicted molar refractivity (Wildman–Crippen MR) is 63.4 cm³/mol. The van der Waals surface area contributed by atoms with Crippen molar-refractivity contribution < 1.29 is 24.2 Å². The van der Waals surface area contributed by atoms with Crippen LogP contribution in [0.15, 0.2) is 0 Å². The number of hydrogen-bond acceptors (Lipinski definition) is 4. The molecule has 1 fully saturated rings. The molecule has 0 aromatic heterocycles. The number of nitrogens with zero attached hydrogens (tertiary/aromatic N) is 1. The van der Waals surface area contributed by atoms with E-state index in [2.05, 4.69) is 5.32 Å². The first-order valence-electron chi connectivity index (χ1n) is 5.90. The molecule has 0 spiro atoms. The SMILES string of the molecule is COCC(C)CNC(=O)N1CCOC(C(=O)O)C1. The number of carbonyl (C=O) groups is 2. The fourth-order valence-electron chi connectivity index (χ4n) is 1.70. The minimum Gasteiger partial charge on any atom is -0.479 e. The van der Waals surface area contributed by atoms with Crippen LogP contribution in [-0.4, -0.2) is 68.1 Å². The van der Waals surface area contributed by atoms with Crippen LogP contribution in [0.2, 0.25) is 0 Å².